The van der Waals surface area contributed by atoms with Crippen LogP contribution in [0.4, 0.5) is 5.69 Å². The van der Waals surface area contributed by atoms with Crippen molar-refractivity contribution < 1.29 is 9.53 Å². The van der Waals surface area contributed by atoms with E-state index in [1.807, 2.05) is 92.7 Å². The number of rotatable bonds is 7. The summed E-state index contributed by atoms with van der Waals surface area (Å²) in [5.41, 5.74) is 4.79. The Labute approximate surface area is 177 Å². The van der Waals surface area contributed by atoms with Gasteiger partial charge >= 0.3 is 0 Å². The highest BCUT2D eigenvalue weighted by Crippen LogP contribution is 2.20. The third-order valence-corrected chi connectivity index (χ3v) is 4.71. The van der Waals surface area contributed by atoms with Gasteiger partial charge < -0.3 is 10.1 Å². The molecule has 0 saturated heterocycles. The molecular formula is C26H24N2O2. The number of hydrogen-bond donors (Lipinski definition) is 1. The lowest BCUT2D eigenvalue weighted by atomic mass is 10.1. The van der Waals surface area contributed by atoms with Crippen molar-refractivity contribution in [2.75, 3.05) is 5.32 Å². The monoisotopic (exact) mass is 396 g/mol. The zero-order valence-electron chi connectivity index (χ0n) is 17.2. The minimum absolute atomic E-state index is 0.0385. The standard InChI is InChI=1S/C26H24N2O2/c1-3-22-8-4-5-10-25(22)28-26(29)23(17-27)15-21-7-6-9-24(16-21)30-18-20-13-11-19(2)12-14-20/h4-16H,3,18H2,1-2H3,(H,28,29)/b23-15-. The Morgan fingerprint density at radius 2 is 1.83 bits per heavy atom. The van der Waals surface area contributed by atoms with Crippen LogP contribution in [0.1, 0.15) is 29.2 Å². The molecule has 3 aromatic carbocycles. The number of hydrogen-bond acceptors (Lipinski definition) is 3. The van der Waals surface area contributed by atoms with Crippen molar-refractivity contribution in [1.82, 2.24) is 0 Å². The second-order valence-corrected chi connectivity index (χ2v) is 6.98. The number of nitriles is 1. The van der Waals surface area contributed by atoms with Gasteiger partial charge in [-0.2, -0.15) is 5.26 Å². The van der Waals surface area contributed by atoms with Crippen LogP contribution in [0, 0.1) is 18.3 Å². The molecule has 0 spiro atoms. The van der Waals surface area contributed by atoms with Crippen LogP contribution in [0.2, 0.25) is 0 Å². The molecule has 0 bridgehead atoms. The molecule has 0 radical (unpaired) electrons. The van der Waals surface area contributed by atoms with Crippen LogP contribution in [0.15, 0.2) is 78.4 Å². The van der Waals surface area contributed by atoms with Crippen molar-refractivity contribution >= 4 is 17.7 Å². The first kappa shape index (κ1) is 20.9. The number of ether oxygens (including phenoxy) is 1. The van der Waals surface area contributed by atoms with Crippen LogP contribution in [0.25, 0.3) is 6.08 Å². The summed E-state index contributed by atoms with van der Waals surface area (Å²) in [6, 6.07) is 25.1. The summed E-state index contributed by atoms with van der Waals surface area (Å²) in [5, 5.41) is 12.3. The van der Waals surface area contributed by atoms with E-state index < -0.39 is 5.91 Å². The molecule has 150 valence electrons. The molecule has 0 heterocycles. The maximum atomic E-state index is 12.6. The molecule has 0 aliphatic heterocycles. The molecular weight excluding hydrogens is 372 g/mol. The van der Waals surface area contributed by atoms with Gasteiger partial charge in [0.05, 0.1) is 0 Å². The van der Waals surface area contributed by atoms with Crippen molar-refractivity contribution in [3.05, 3.63) is 101 Å². The van der Waals surface area contributed by atoms with Crippen molar-refractivity contribution in [3.63, 3.8) is 0 Å². The zero-order valence-corrected chi connectivity index (χ0v) is 17.2. The Morgan fingerprint density at radius 3 is 2.57 bits per heavy atom. The van der Waals surface area contributed by atoms with Crippen molar-refractivity contribution in [2.45, 2.75) is 26.9 Å². The van der Waals surface area contributed by atoms with E-state index in [-0.39, 0.29) is 5.57 Å². The molecule has 3 aromatic rings. The van der Waals surface area contributed by atoms with Crippen LogP contribution < -0.4 is 10.1 Å². The van der Waals surface area contributed by atoms with Gasteiger partial charge in [0.15, 0.2) is 0 Å². The Hall–Kier alpha value is -3.84. The Balaban J connectivity index is 1.72. The highest BCUT2D eigenvalue weighted by Gasteiger charge is 2.11. The molecule has 1 amide bonds. The molecule has 0 saturated carbocycles. The fraction of sp³-hybridized carbons (Fsp3) is 0.154. The number of carbonyl (C=O) groups is 1. The molecule has 0 aliphatic carbocycles. The van der Waals surface area contributed by atoms with Gasteiger partial charge in [-0.3, -0.25) is 4.79 Å². The van der Waals surface area contributed by atoms with Crippen LogP contribution in [0.3, 0.4) is 0 Å². The number of para-hydroxylation sites is 1. The second-order valence-electron chi connectivity index (χ2n) is 6.98. The first-order valence-electron chi connectivity index (χ1n) is 9.88. The maximum Gasteiger partial charge on any atom is 0.266 e. The predicted molar refractivity (Wildman–Crippen MR) is 120 cm³/mol. The minimum Gasteiger partial charge on any atom is -0.489 e. The Morgan fingerprint density at radius 1 is 1.07 bits per heavy atom. The molecule has 30 heavy (non-hydrogen) atoms. The quantitative estimate of drug-likeness (QED) is 0.413. The van der Waals surface area contributed by atoms with Gasteiger partial charge in [-0.05, 0) is 54.3 Å². The van der Waals surface area contributed by atoms with E-state index in [0.29, 0.717) is 12.4 Å². The molecule has 4 nitrogen and oxygen atoms in total. The first-order valence-corrected chi connectivity index (χ1v) is 9.88. The average Bonchev–Trinajstić information content (AvgIpc) is 2.77. The summed E-state index contributed by atoms with van der Waals surface area (Å²) < 4.78 is 5.86. The van der Waals surface area contributed by atoms with Crippen LogP contribution in [-0.4, -0.2) is 5.91 Å². The normalized spacial score (nSPS) is 10.9. The Kier molecular flexibility index (Phi) is 7.02. The highest BCUT2D eigenvalue weighted by molar-refractivity contribution is 6.10. The molecule has 3 rings (SSSR count). The van der Waals surface area contributed by atoms with Crippen LogP contribution in [-0.2, 0) is 17.8 Å². The fourth-order valence-corrected chi connectivity index (χ4v) is 3.00. The Bertz CT molecular complexity index is 1090. The largest absolute Gasteiger partial charge is 0.489 e. The van der Waals surface area contributed by atoms with Crippen molar-refractivity contribution in [1.29, 1.82) is 5.26 Å². The van der Waals surface area contributed by atoms with E-state index in [2.05, 4.69) is 5.32 Å². The summed E-state index contributed by atoms with van der Waals surface area (Å²) in [5.74, 6) is 0.253. The van der Waals surface area contributed by atoms with E-state index in [1.165, 1.54) is 5.56 Å². The average molecular weight is 396 g/mol. The van der Waals surface area contributed by atoms with Gasteiger partial charge in [-0.15, -0.1) is 0 Å². The maximum absolute atomic E-state index is 12.6. The second kappa shape index (κ2) is 10.1. The van der Waals surface area contributed by atoms with E-state index in [9.17, 15) is 10.1 Å². The highest BCUT2D eigenvalue weighted by atomic mass is 16.5. The molecule has 0 fully saturated rings. The predicted octanol–water partition coefficient (Wildman–Crippen LogP) is 5.68. The van der Waals surface area contributed by atoms with Gasteiger partial charge in [-0.25, -0.2) is 0 Å². The van der Waals surface area contributed by atoms with E-state index >= 15 is 0 Å². The molecule has 0 aliphatic rings. The molecule has 0 unspecified atom stereocenters. The topological polar surface area (TPSA) is 62.1 Å². The smallest absolute Gasteiger partial charge is 0.266 e. The first-order chi connectivity index (χ1) is 14.6. The molecule has 4 heteroatoms. The van der Waals surface area contributed by atoms with E-state index in [4.69, 9.17) is 4.74 Å². The lowest BCUT2D eigenvalue weighted by Gasteiger charge is -2.09. The van der Waals surface area contributed by atoms with Gasteiger partial charge in [0.25, 0.3) is 5.91 Å². The number of benzene rings is 3. The summed E-state index contributed by atoms with van der Waals surface area (Å²) in [4.78, 5) is 12.6. The van der Waals surface area contributed by atoms with Crippen LogP contribution in [0.5, 0.6) is 5.75 Å². The number of amides is 1. The number of carbonyl (C=O) groups excluding carboxylic acids is 1. The molecule has 1 N–H and O–H groups in total. The third kappa shape index (κ3) is 5.59. The zero-order chi connectivity index (χ0) is 21.3. The lowest BCUT2D eigenvalue weighted by Crippen LogP contribution is -2.14. The number of nitrogens with one attached hydrogen (secondary N) is 1. The SMILES string of the molecule is CCc1ccccc1NC(=O)/C(C#N)=C\c1cccc(OCc2ccc(C)cc2)c1. The number of aryl methyl sites for hydroxylation is 2. The van der Waals surface area contributed by atoms with Crippen molar-refractivity contribution in [3.8, 4) is 11.8 Å². The summed E-state index contributed by atoms with van der Waals surface area (Å²) >= 11 is 0. The molecule has 0 aromatic heterocycles. The fourth-order valence-electron chi connectivity index (χ4n) is 3.00. The van der Waals surface area contributed by atoms with Gasteiger partial charge in [0.1, 0.15) is 24.0 Å². The number of nitrogens with zero attached hydrogens (tertiary/aromatic N) is 1. The summed E-state index contributed by atoms with van der Waals surface area (Å²) in [7, 11) is 0. The molecule has 0 atom stereocenters. The minimum atomic E-state index is -0.427. The number of anilines is 1. The van der Waals surface area contributed by atoms with Crippen molar-refractivity contribution in [2.24, 2.45) is 0 Å². The lowest BCUT2D eigenvalue weighted by molar-refractivity contribution is -0.112. The summed E-state index contributed by atoms with van der Waals surface area (Å²) in [6.07, 6.45) is 2.37. The van der Waals surface area contributed by atoms with Gasteiger partial charge in [0.2, 0.25) is 0 Å². The van der Waals surface area contributed by atoms with Crippen LogP contribution >= 0.6 is 0 Å². The third-order valence-electron chi connectivity index (χ3n) is 4.71. The van der Waals surface area contributed by atoms with Gasteiger partial charge in [0, 0.05) is 5.69 Å². The summed E-state index contributed by atoms with van der Waals surface area (Å²) in [6.45, 7) is 4.52. The van der Waals surface area contributed by atoms with Gasteiger partial charge in [-0.1, -0.05) is 67.1 Å². The van der Waals surface area contributed by atoms with E-state index in [1.54, 1.807) is 6.08 Å². The van der Waals surface area contributed by atoms with E-state index in [0.717, 1.165) is 28.8 Å².